The van der Waals surface area contributed by atoms with Gasteiger partial charge in [0.2, 0.25) is 0 Å². The number of aromatic nitrogens is 4. The molecule has 1 aliphatic heterocycles. The molecule has 1 aliphatic rings. The van der Waals surface area contributed by atoms with Crippen molar-refractivity contribution >= 4 is 39.3 Å². The molecule has 2 amide bonds. The Kier molecular flexibility index (Phi) is 7.76. The second-order valence-electron chi connectivity index (χ2n) is 10.1. The van der Waals surface area contributed by atoms with Crippen molar-refractivity contribution in [3.63, 3.8) is 0 Å². The average Bonchev–Trinajstić information content (AvgIpc) is 3.65. The lowest BCUT2D eigenvalue weighted by molar-refractivity contribution is 0.0706. The molecule has 9 nitrogen and oxygen atoms in total. The van der Waals surface area contributed by atoms with E-state index in [4.69, 9.17) is 11.6 Å². The Labute approximate surface area is 259 Å². The molecule has 0 bridgehead atoms. The maximum absolute atomic E-state index is 14.5. The lowest BCUT2D eigenvalue weighted by atomic mass is 10.1. The Balaban J connectivity index is 1.41. The Bertz CT molecular complexity index is 1900. The maximum atomic E-state index is 14.5. The molecule has 0 fully saturated rings. The Morgan fingerprint density at radius 2 is 1.77 bits per heavy atom. The third-order valence-corrected chi connectivity index (χ3v) is 8.68. The molecule has 0 aliphatic carbocycles. The number of halogens is 3. The van der Waals surface area contributed by atoms with Crippen LogP contribution in [0.1, 0.15) is 45.1 Å². The summed E-state index contributed by atoms with van der Waals surface area (Å²) in [5, 5.41) is 7.49. The van der Waals surface area contributed by atoms with Crippen molar-refractivity contribution < 1.29 is 14.0 Å². The topological polar surface area (TPSA) is 94.2 Å². The number of amides is 2. The number of nitrogens with zero attached hydrogens (tertiary/aromatic N) is 5. The van der Waals surface area contributed by atoms with Gasteiger partial charge in [-0.05, 0) is 77.5 Å². The molecule has 1 atom stereocenters. The first-order chi connectivity index (χ1) is 20.7. The number of nitrogens with one attached hydrogen (secondary N) is 1. The number of hydrogen-bond donors (Lipinski definition) is 1. The van der Waals surface area contributed by atoms with Crippen molar-refractivity contribution in [3.05, 3.63) is 134 Å². The zero-order valence-corrected chi connectivity index (χ0v) is 25.2. The fourth-order valence-corrected chi connectivity index (χ4v) is 5.69. The van der Waals surface area contributed by atoms with Crippen LogP contribution in [0.25, 0.3) is 11.4 Å². The Morgan fingerprint density at radius 1 is 1.02 bits per heavy atom. The molecular formula is C31H25BrClFN6O3. The number of carbonyl (C=O) groups is 2. The Hall–Kier alpha value is -4.48. The minimum absolute atomic E-state index is 0.0109. The minimum Gasteiger partial charge on any atom is -0.344 e. The molecule has 1 N–H and O–H groups in total. The highest BCUT2D eigenvalue weighted by molar-refractivity contribution is 9.10. The van der Waals surface area contributed by atoms with Gasteiger partial charge in [-0.15, -0.1) is 0 Å². The van der Waals surface area contributed by atoms with Crippen LogP contribution in [0.2, 0.25) is 5.02 Å². The number of hydrogen-bond acceptors (Lipinski definition) is 4. The second-order valence-corrected chi connectivity index (χ2v) is 11.4. The molecule has 0 radical (unpaired) electrons. The summed E-state index contributed by atoms with van der Waals surface area (Å²) in [6.07, 6.45) is 3.46. The molecular weight excluding hydrogens is 639 g/mol. The van der Waals surface area contributed by atoms with Crippen LogP contribution in [0.15, 0.2) is 94.5 Å². The van der Waals surface area contributed by atoms with Crippen molar-refractivity contribution in [2.75, 3.05) is 6.54 Å². The predicted molar refractivity (Wildman–Crippen MR) is 163 cm³/mol. The summed E-state index contributed by atoms with van der Waals surface area (Å²) >= 11 is 9.58. The number of imidazole rings is 1. The van der Waals surface area contributed by atoms with Crippen LogP contribution in [0, 0.1) is 5.82 Å². The van der Waals surface area contributed by atoms with Crippen LogP contribution >= 0.6 is 27.5 Å². The van der Waals surface area contributed by atoms with E-state index in [9.17, 15) is 18.8 Å². The summed E-state index contributed by atoms with van der Waals surface area (Å²) in [5.74, 6) is -1.31. The number of carbonyl (C=O) groups excluding carboxylic acids is 2. The molecule has 2 aromatic heterocycles. The van der Waals surface area contributed by atoms with Crippen LogP contribution < -0.4 is 11.0 Å². The minimum atomic E-state index is -0.693. The summed E-state index contributed by atoms with van der Waals surface area (Å²) in [6.45, 7) is 2.13. The maximum Gasteiger partial charge on any atom is 0.333 e. The number of fused-ring (bicyclic) bond motifs is 1. The van der Waals surface area contributed by atoms with Crippen molar-refractivity contribution in [1.29, 1.82) is 0 Å². The van der Waals surface area contributed by atoms with Crippen molar-refractivity contribution in [1.82, 2.24) is 29.1 Å². The van der Waals surface area contributed by atoms with Crippen LogP contribution in [0.5, 0.6) is 0 Å². The lowest BCUT2D eigenvalue weighted by Gasteiger charge is -2.28. The quantitative estimate of drug-likeness (QED) is 0.259. The first-order valence-electron chi connectivity index (χ1n) is 13.5. The summed E-state index contributed by atoms with van der Waals surface area (Å²) in [5.41, 5.74) is 1.97. The molecule has 0 saturated carbocycles. The highest BCUT2D eigenvalue weighted by Gasteiger charge is 2.33. The van der Waals surface area contributed by atoms with Gasteiger partial charge in [0.25, 0.3) is 11.8 Å². The largest absolute Gasteiger partial charge is 0.344 e. The fraction of sp³-hybridized carbons (Fsp3) is 0.161. The van der Waals surface area contributed by atoms with E-state index < -0.39 is 23.5 Å². The lowest BCUT2D eigenvalue weighted by Crippen LogP contribution is -2.41. The fourth-order valence-electron chi connectivity index (χ4n) is 5.26. The van der Waals surface area contributed by atoms with Gasteiger partial charge in [0.05, 0.1) is 34.7 Å². The summed E-state index contributed by atoms with van der Waals surface area (Å²) < 4.78 is 19.8. The molecule has 218 valence electrons. The van der Waals surface area contributed by atoms with Gasteiger partial charge in [0.15, 0.2) is 0 Å². The summed E-state index contributed by atoms with van der Waals surface area (Å²) in [4.78, 5) is 42.8. The van der Waals surface area contributed by atoms with E-state index in [2.05, 4.69) is 26.3 Å². The number of rotatable bonds is 6. The normalized spacial score (nSPS) is 13.4. The first-order valence-corrected chi connectivity index (χ1v) is 14.6. The van der Waals surface area contributed by atoms with Gasteiger partial charge in [0, 0.05) is 41.1 Å². The summed E-state index contributed by atoms with van der Waals surface area (Å²) in [6, 6.07) is 19.3. The van der Waals surface area contributed by atoms with E-state index in [0.29, 0.717) is 32.0 Å². The Morgan fingerprint density at radius 3 is 2.47 bits per heavy atom. The van der Waals surface area contributed by atoms with E-state index in [0.717, 1.165) is 5.69 Å². The van der Waals surface area contributed by atoms with Crippen LogP contribution in [-0.2, 0) is 13.1 Å². The zero-order valence-electron chi connectivity index (χ0n) is 22.9. The SMILES string of the molecule is C[C@H](NC(=O)c1c2n(c(=O)n1-c1ccc(-n3cccn3)cc1)CCN(C(=O)c1ccc(Br)c(Cl)c1)C2)c1ccccc1F. The second kappa shape index (κ2) is 11.7. The molecule has 6 rings (SSSR count). The molecule has 12 heteroatoms. The van der Waals surface area contributed by atoms with Gasteiger partial charge >= 0.3 is 5.69 Å². The number of benzene rings is 3. The van der Waals surface area contributed by atoms with E-state index in [1.807, 2.05) is 0 Å². The third-order valence-electron chi connectivity index (χ3n) is 7.44. The van der Waals surface area contributed by atoms with Crippen LogP contribution in [-0.4, -0.2) is 42.2 Å². The van der Waals surface area contributed by atoms with Crippen LogP contribution in [0.3, 0.4) is 0 Å². The van der Waals surface area contributed by atoms with Gasteiger partial charge in [-0.25, -0.2) is 13.9 Å². The predicted octanol–water partition coefficient (Wildman–Crippen LogP) is 5.53. The monoisotopic (exact) mass is 662 g/mol. The van der Waals surface area contributed by atoms with Gasteiger partial charge in [-0.3, -0.25) is 18.7 Å². The first kappa shape index (κ1) is 28.6. The highest BCUT2D eigenvalue weighted by Crippen LogP contribution is 2.27. The standard InChI is InChI=1S/C31H25BrClFN6O3/c1-19(23-5-2-3-6-26(23)34)36-29(41)28-27-18-37(30(42)20-7-12-24(32)25(33)17-20)15-16-38(27)31(43)40(28)22-10-8-21(9-11-22)39-14-4-13-35-39/h2-14,17,19H,15-16,18H2,1H3,(H,36,41)/t19-/m0/s1. The van der Waals surface area contributed by atoms with Gasteiger partial charge in [-0.1, -0.05) is 29.8 Å². The highest BCUT2D eigenvalue weighted by atomic mass is 79.9. The van der Waals surface area contributed by atoms with Gasteiger partial charge in [0.1, 0.15) is 11.5 Å². The molecule has 0 unspecified atom stereocenters. The van der Waals surface area contributed by atoms with Gasteiger partial charge in [-0.2, -0.15) is 5.10 Å². The van der Waals surface area contributed by atoms with E-state index in [1.54, 1.807) is 95.6 Å². The van der Waals surface area contributed by atoms with E-state index in [-0.39, 0.29) is 31.2 Å². The van der Waals surface area contributed by atoms with E-state index >= 15 is 0 Å². The molecule has 0 saturated heterocycles. The molecule has 3 aromatic carbocycles. The molecule has 5 aromatic rings. The smallest absolute Gasteiger partial charge is 0.333 e. The zero-order chi connectivity index (χ0) is 30.2. The van der Waals surface area contributed by atoms with Crippen molar-refractivity contribution in [2.24, 2.45) is 0 Å². The molecule has 3 heterocycles. The average molecular weight is 664 g/mol. The van der Waals surface area contributed by atoms with Crippen LogP contribution in [0.4, 0.5) is 4.39 Å². The van der Waals surface area contributed by atoms with Crippen molar-refractivity contribution in [3.8, 4) is 11.4 Å². The molecule has 0 spiro atoms. The summed E-state index contributed by atoms with van der Waals surface area (Å²) in [7, 11) is 0. The molecule has 43 heavy (non-hydrogen) atoms. The van der Waals surface area contributed by atoms with Gasteiger partial charge < -0.3 is 10.2 Å². The third kappa shape index (κ3) is 5.41. The van der Waals surface area contributed by atoms with Crippen molar-refractivity contribution in [2.45, 2.75) is 26.1 Å². The van der Waals surface area contributed by atoms with E-state index in [1.165, 1.54) is 15.2 Å².